The van der Waals surface area contributed by atoms with Crippen molar-refractivity contribution >= 4 is 29.5 Å². The van der Waals surface area contributed by atoms with Crippen LogP contribution < -0.4 is 5.32 Å². The Morgan fingerprint density at radius 1 is 1.07 bits per heavy atom. The molecule has 1 saturated carbocycles. The molecule has 0 aromatic carbocycles. The molecule has 0 bridgehead atoms. The number of amides is 3. The van der Waals surface area contributed by atoms with Gasteiger partial charge in [0.1, 0.15) is 0 Å². The van der Waals surface area contributed by atoms with Gasteiger partial charge in [-0.1, -0.05) is 20.8 Å². The fourth-order valence-electron chi connectivity index (χ4n) is 3.66. The zero-order valence-electron chi connectivity index (χ0n) is 17.8. The first-order valence-corrected chi connectivity index (χ1v) is 11.2. The van der Waals surface area contributed by atoms with Gasteiger partial charge in [0.15, 0.2) is 0 Å². The van der Waals surface area contributed by atoms with E-state index in [-0.39, 0.29) is 39.8 Å². The van der Waals surface area contributed by atoms with Crippen molar-refractivity contribution in [1.29, 1.82) is 0 Å². The van der Waals surface area contributed by atoms with Gasteiger partial charge in [-0.25, -0.2) is 0 Å². The summed E-state index contributed by atoms with van der Waals surface area (Å²) in [7, 11) is 0. The average molecular weight is 397 g/mol. The second-order valence-electron chi connectivity index (χ2n) is 10.4. The molecule has 2 aliphatic rings. The van der Waals surface area contributed by atoms with Crippen LogP contribution >= 0.6 is 11.8 Å². The quantitative estimate of drug-likeness (QED) is 0.721. The van der Waals surface area contributed by atoms with Crippen LogP contribution in [0.15, 0.2) is 0 Å². The Kier molecular flexibility index (Phi) is 7.04. The van der Waals surface area contributed by atoms with Gasteiger partial charge in [0.2, 0.25) is 17.7 Å². The molecule has 1 N–H and O–H groups in total. The third-order valence-electron chi connectivity index (χ3n) is 5.08. The molecule has 1 aliphatic heterocycles. The number of carbonyl (C=O) groups excluding carboxylic acids is 3. The van der Waals surface area contributed by atoms with Gasteiger partial charge >= 0.3 is 0 Å². The normalized spacial score (nSPS) is 27.2. The van der Waals surface area contributed by atoms with Crippen LogP contribution in [0.1, 0.15) is 73.6 Å². The maximum Gasteiger partial charge on any atom is 0.242 e. The zero-order valence-corrected chi connectivity index (χ0v) is 18.6. The summed E-state index contributed by atoms with van der Waals surface area (Å²) in [6, 6.07) is 0. The van der Waals surface area contributed by atoms with Gasteiger partial charge in [0.05, 0.1) is 5.25 Å². The summed E-state index contributed by atoms with van der Waals surface area (Å²) in [5.74, 6) is 1.34. The minimum absolute atomic E-state index is 0.0122. The van der Waals surface area contributed by atoms with Gasteiger partial charge in [-0.3, -0.25) is 19.3 Å². The van der Waals surface area contributed by atoms with Crippen molar-refractivity contribution in [2.24, 2.45) is 17.3 Å². The Hall–Kier alpha value is -1.04. The molecule has 6 heteroatoms. The number of nitrogens with one attached hydrogen (secondary N) is 1. The van der Waals surface area contributed by atoms with Crippen LogP contribution in [-0.2, 0) is 14.4 Å². The van der Waals surface area contributed by atoms with Crippen molar-refractivity contribution in [1.82, 2.24) is 10.2 Å². The minimum atomic E-state index is -0.217. The van der Waals surface area contributed by atoms with Crippen molar-refractivity contribution < 1.29 is 14.4 Å². The number of carbonyl (C=O) groups is 3. The van der Waals surface area contributed by atoms with Gasteiger partial charge in [-0.05, 0) is 63.5 Å². The fraction of sp³-hybridized carbons (Fsp3) is 0.857. The van der Waals surface area contributed by atoms with Crippen molar-refractivity contribution in [2.45, 2.75) is 84.4 Å². The topological polar surface area (TPSA) is 66.5 Å². The molecule has 0 aromatic heterocycles. The Bertz CT molecular complexity index is 569. The molecule has 154 valence electrons. The van der Waals surface area contributed by atoms with E-state index in [0.29, 0.717) is 18.9 Å². The van der Waals surface area contributed by atoms with Gasteiger partial charge in [-0.15, -0.1) is 11.8 Å². The lowest BCUT2D eigenvalue weighted by Crippen LogP contribution is -2.45. The number of nitrogens with zero attached hydrogens (tertiary/aromatic N) is 1. The number of hydrogen-bond donors (Lipinski definition) is 1. The maximum atomic E-state index is 12.7. The number of rotatable bonds is 5. The standard InChI is InChI=1S/C21H36N2O3S/c1-20(2,3)13-27-16-11-17(24)23(19(16)26)12-14-7-9-15(10-8-14)18(25)22-21(4,5)6/h14-16H,7-13H2,1-6H3,(H,22,25). The molecule has 1 atom stereocenters. The van der Waals surface area contributed by atoms with Gasteiger partial charge in [0, 0.05) is 24.4 Å². The molecule has 1 aliphatic carbocycles. The van der Waals surface area contributed by atoms with E-state index in [0.717, 1.165) is 31.4 Å². The largest absolute Gasteiger partial charge is 0.351 e. The van der Waals surface area contributed by atoms with Crippen LogP contribution in [0.5, 0.6) is 0 Å². The lowest BCUT2D eigenvalue weighted by atomic mass is 9.81. The van der Waals surface area contributed by atoms with E-state index >= 15 is 0 Å². The number of likely N-dealkylation sites (tertiary alicyclic amines) is 1. The van der Waals surface area contributed by atoms with Crippen LogP contribution in [-0.4, -0.2) is 45.7 Å². The lowest BCUT2D eigenvalue weighted by molar-refractivity contribution is -0.139. The van der Waals surface area contributed by atoms with E-state index in [2.05, 4.69) is 26.1 Å². The first-order chi connectivity index (χ1) is 12.4. The molecule has 1 unspecified atom stereocenters. The summed E-state index contributed by atoms with van der Waals surface area (Å²) in [5, 5.41) is 2.85. The second kappa shape index (κ2) is 8.54. The van der Waals surface area contributed by atoms with Crippen LogP contribution in [0.3, 0.4) is 0 Å². The molecular formula is C21H36N2O3S. The third kappa shape index (κ3) is 6.81. The molecule has 0 radical (unpaired) electrons. The first kappa shape index (κ1) is 22.3. The Morgan fingerprint density at radius 3 is 2.19 bits per heavy atom. The van der Waals surface area contributed by atoms with Crippen LogP contribution in [0, 0.1) is 17.3 Å². The molecule has 1 heterocycles. The summed E-state index contributed by atoms with van der Waals surface area (Å²) in [6.07, 6.45) is 3.82. The van der Waals surface area contributed by atoms with Crippen molar-refractivity contribution in [3.05, 3.63) is 0 Å². The number of hydrogen-bond acceptors (Lipinski definition) is 4. The molecule has 3 amide bonds. The minimum Gasteiger partial charge on any atom is -0.351 e. The molecule has 0 spiro atoms. The zero-order chi connectivity index (χ0) is 20.4. The fourth-order valence-corrected chi connectivity index (χ4v) is 4.89. The summed E-state index contributed by atoms with van der Waals surface area (Å²) in [5.41, 5.74) is -0.0600. The summed E-state index contributed by atoms with van der Waals surface area (Å²) < 4.78 is 0. The van der Waals surface area contributed by atoms with E-state index < -0.39 is 0 Å². The lowest BCUT2D eigenvalue weighted by Gasteiger charge is -2.32. The summed E-state index contributed by atoms with van der Waals surface area (Å²) in [4.78, 5) is 38.8. The van der Waals surface area contributed by atoms with Crippen LogP contribution in [0.4, 0.5) is 0 Å². The molecule has 27 heavy (non-hydrogen) atoms. The molecular weight excluding hydrogens is 360 g/mol. The highest BCUT2D eigenvalue weighted by Crippen LogP contribution is 2.34. The van der Waals surface area contributed by atoms with Gasteiger partial charge < -0.3 is 5.32 Å². The van der Waals surface area contributed by atoms with Gasteiger partial charge in [0.25, 0.3) is 0 Å². The highest BCUT2D eigenvalue weighted by Gasteiger charge is 2.41. The predicted octanol–water partition coefficient (Wildman–Crippen LogP) is 3.61. The SMILES string of the molecule is CC(C)(C)CSC1CC(=O)N(CC2CCC(C(=O)NC(C)(C)C)CC2)C1=O. The average Bonchev–Trinajstić information content (AvgIpc) is 2.79. The number of thioether (sulfide) groups is 1. The van der Waals surface area contributed by atoms with E-state index in [4.69, 9.17) is 0 Å². The van der Waals surface area contributed by atoms with E-state index in [1.54, 1.807) is 11.8 Å². The summed E-state index contributed by atoms with van der Waals surface area (Å²) in [6.45, 7) is 12.9. The molecule has 2 fully saturated rings. The molecule has 2 rings (SSSR count). The molecule has 0 aromatic rings. The van der Waals surface area contributed by atoms with Crippen molar-refractivity contribution in [3.8, 4) is 0 Å². The highest BCUT2D eigenvalue weighted by molar-refractivity contribution is 8.00. The van der Waals surface area contributed by atoms with Gasteiger partial charge in [-0.2, -0.15) is 0 Å². The van der Waals surface area contributed by atoms with Crippen LogP contribution in [0.2, 0.25) is 0 Å². The maximum absolute atomic E-state index is 12.7. The second-order valence-corrected chi connectivity index (χ2v) is 11.6. The molecule has 5 nitrogen and oxygen atoms in total. The Labute approximate surface area is 168 Å². The Morgan fingerprint density at radius 2 is 1.67 bits per heavy atom. The smallest absolute Gasteiger partial charge is 0.242 e. The monoisotopic (exact) mass is 396 g/mol. The third-order valence-corrected chi connectivity index (χ3v) is 6.88. The van der Waals surface area contributed by atoms with Crippen molar-refractivity contribution in [2.75, 3.05) is 12.3 Å². The summed E-state index contributed by atoms with van der Waals surface area (Å²) >= 11 is 1.61. The van der Waals surface area contributed by atoms with E-state index in [9.17, 15) is 14.4 Å². The first-order valence-electron chi connectivity index (χ1n) is 10.1. The Balaban J connectivity index is 1.82. The van der Waals surface area contributed by atoms with Crippen molar-refractivity contribution in [3.63, 3.8) is 0 Å². The molecule has 1 saturated heterocycles. The highest BCUT2D eigenvalue weighted by atomic mass is 32.2. The van der Waals surface area contributed by atoms with E-state index in [1.807, 2.05) is 20.8 Å². The van der Waals surface area contributed by atoms with E-state index in [1.165, 1.54) is 4.90 Å². The predicted molar refractivity (Wildman–Crippen MR) is 110 cm³/mol. The number of imide groups is 1. The van der Waals surface area contributed by atoms with Crippen LogP contribution in [0.25, 0.3) is 0 Å².